The first-order valence-electron chi connectivity index (χ1n) is 4.78. The summed E-state index contributed by atoms with van der Waals surface area (Å²) in [4.78, 5) is 11.3. The molecule has 1 fully saturated rings. The second-order valence-corrected chi connectivity index (χ2v) is 4.12. The van der Waals surface area contributed by atoms with Crippen molar-refractivity contribution in [2.75, 3.05) is 6.54 Å². The lowest BCUT2D eigenvalue weighted by atomic mass is 10.1. The Hall–Kier alpha value is -1.04. The molecule has 1 saturated carbocycles. The number of nitriles is 1. The van der Waals surface area contributed by atoms with Gasteiger partial charge in [-0.2, -0.15) is 5.26 Å². The van der Waals surface area contributed by atoms with Gasteiger partial charge in [-0.1, -0.05) is 13.8 Å². The second kappa shape index (κ2) is 3.78. The fourth-order valence-electron chi connectivity index (χ4n) is 1.15. The van der Waals surface area contributed by atoms with E-state index in [-0.39, 0.29) is 5.91 Å². The predicted molar refractivity (Wildman–Crippen MR) is 49.7 cm³/mol. The van der Waals surface area contributed by atoms with E-state index in [2.05, 4.69) is 12.2 Å². The van der Waals surface area contributed by atoms with Crippen LogP contribution in [-0.2, 0) is 4.79 Å². The number of nitrogens with one attached hydrogen (secondary N) is 1. The van der Waals surface area contributed by atoms with Gasteiger partial charge in [0.25, 0.3) is 0 Å². The van der Waals surface area contributed by atoms with Crippen LogP contribution in [0.3, 0.4) is 0 Å². The quantitative estimate of drug-likeness (QED) is 0.712. The molecule has 0 bridgehead atoms. The largest absolute Gasteiger partial charge is 0.354 e. The molecule has 3 nitrogen and oxygen atoms in total. The number of carbonyl (C=O) groups excluding carboxylic acids is 1. The first-order valence-corrected chi connectivity index (χ1v) is 4.78. The molecule has 0 aromatic heterocycles. The van der Waals surface area contributed by atoms with Crippen LogP contribution in [0.15, 0.2) is 0 Å². The highest BCUT2D eigenvalue weighted by Crippen LogP contribution is 2.44. The molecule has 3 heteroatoms. The van der Waals surface area contributed by atoms with Crippen LogP contribution in [0.5, 0.6) is 0 Å². The van der Waals surface area contributed by atoms with E-state index < -0.39 is 5.92 Å². The van der Waals surface area contributed by atoms with Gasteiger partial charge in [0.05, 0.1) is 6.07 Å². The standard InChI is InChI=1S/C10H16N2O/c1-3-8(6-11)9(13)12-7-10(2)4-5-10/h8H,3-5,7H2,1-2H3,(H,12,13). The fraction of sp³-hybridized carbons (Fsp3) is 0.800. The first-order chi connectivity index (χ1) is 6.11. The monoisotopic (exact) mass is 180 g/mol. The zero-order valence-electron chi connectivity index (χ0n) is 8.26. The van der Waals surface area contributed by atoms with E-state index in [0.29, 0.717) is 11.8 Å². The van der Waals surface area contributed by atoms with Gasteiger partial charge < -0.3 is 5.32 Å². The maximum atomic E-state index is 11.3. The average Bonchev–Trinajstić information content (AvgIpc) is 2.84. The molecule has 1 atom stereocenters. The zero-order chi connectivity index (χ0) is 9.90. The van der Waals surface area contributed by atoms with Gasteiger partial charge in [-0.05, 0) is 24.7 Å². The Bertz CT molecular complexity index is 238. The molecular weight excluding hydrogens is 164 g/mol. The Balaban J connectivity index is 2.28. The van der Waals surface area contributed by atoms with Gasteiger partial charge in [-0.3, -0.25) is 4.79 Å². The molecule has 1 aliphatic carbocycles. The van der Waals surface area contributed by atoms with Gasteiger partial charge in [-0.25, -0.2) is 0 Å². The van der Waals surface area contributed by atoms with E-state index in [1.807, 2.05) is 13.0 Å². The van der Waals surface area contributed by atoms with Crippen LogP contribution in [0.4, 0.5) is 0 Å². The average molecular weight is 180 g/mol. The number of carbonyl (C=O) groups is 1. The van der Waals surface area contributed by atoms with Crippen LogP contribution in [0.1, 0.15) is 33.1 Å². The molecule has 1 amide bonds. The third-order valence-electron chi connectivity index (χ3n) is 2.67. The van der Waals surface area contributed by atoms with Crippen LogP contribution in [0.25, 0.3) is 0 Å². The van der Waals surface area contributed by atoms with E-state index in [9.17, 15) is 4.79 Å². The lowest BCUT2D eigenvalue weighted by Gasteiger charge is -2.11. The van der Waals surface area contributed by atoms with Crippen LogP contribution in [-0.4, -0.2) is 12.5 Å². The molecule has 0 radical (unpaired) electrons. The summed E-state index contributed by atoms with van der Waals surface area (Å²) in [5.74, 6) is -0.583. The number of amides is 1. The molecule has 0 aromatic carbocycles. The summed E-state index contributed by atoms with van der Waals surface area (Å²) in [5.41, 5.74) is 0.323. The molecular formula is C10H16N2O. The zero-order valence-corrected chi connectivity index (χ0v) is 8.26. The molecule has 0 saturated heterocycles. The van der Waals surface area contributed by atoms with Crippen molar-refractivity contribution in [1.29, 1.82) is 5.26 Å². The third-order valence-corrected chi connectivity index (χ3v) is 2.67. The number of nitrogens with zero attached hydrogens (tertiary/aromatic N) is 1. The minimum atomic E-state index is -0.470. The molecule has 72 valence electrons. The van der Waals surface area contributed by atoms with Crippen molar-refractivity contribution in [3.8, 4) is 6.07 Å². The normalized spacial score (nSPS) is 20.1. The molecule has 0 heterocycles. The van der Waals surface area contributed by atoms with Crippen LogP contribution in [0, 0.1) is 22.7 Å². The minimum Gasteiger partial charge on any atom is -0.354 e. The summed E-state index contributed by atoms with van der Waals surface area (Å²) in [7, 11) is 0. The van der Waals surface area contributed by atoms with Gasteiger partial charge in [0.15, 0.2) is 0 Å². The van der Waals surface area contributed by atoms with Crippen molar-refractivity contribution in [1.82, 2.24) is 5.32 Å². The van der Waals surface area contributed by atoms with Crippen molar-refractivity contribution >= 4 is 5.91 Å². The van der Waals surface area contributed by atoms with Gasteiger partial charge in [0, 0.05) is 6.54 Å². The van der Waals surface area contributed by atoms with Crippen molar-refractivity contribution in [3.63, 3.8) is 0 Å². The lowest BCUT2D eigenvalue weighted by molar-refractivity contribution is -0.123. The first kappa shape index (κ1) is 10.0. The molecule has 0 aliphatic heterocycles. The Labute approximate surface area is 79.1 Å². The molecule has 13 heavy (non-hydrogen) atoms. The number of rotatable bonds is 4. The second-order valence-electron chi connectivity index (χ2n) is 4.12. The summed E-state index contributed by atoms with van der Waals surface area (Å²) in [6.45, 7) is 4.73. The molecule has 1 unspecified atom stereocenters. The van der Waals surface area contributed by atoms with Crippen LogP contribution in [0.2, 0.25) is 0 Å². The summed E-state index contributed by atoms with van der Waals surface area (Å²) in [6, 6.07) is 2.00. The van der Waals surface area contributed by atoms with Gasteiger partial charge in [-0.15, -0.1) is 0 Å². The van der Waals surface area contributed by atoms with Crippen LogP contribution < -0.4 is 5.32 Å². The van der Waals surface area contributed by atoms with E-state index in [1.54, 1.807) is 0 Å². The Kier molecular flexibility index (Phi) is 2.92. The highest BCUT2D eigenvalue weighted by Gasteiger charge is 2.37. The Morgan fingerprint density at radius 1 is 1.69 bits per heavy atom. The SMILES string of the molecule is CCC(C#N)C(=O)NCC1(C)CC1. The molecule has 0 aromatic rings. The van der Waals surface area contributed by atoms with E-state index >= 15 is 0 Å². The topological polar surface area (TPSA) is 52.9 Å². The molecule has 1 rings (SSSR count). The van der Waals surface area contributed by atoms with Crippen molar-refractivity contribution in [2.24, 2.45) is 11.3 Å². The fourth-order valence-corrected chi connectivity index (χ4v) is 1.15. The van der Waals surface area contributed by atoms with Gasteiger partial charge in [0.2, 0.25) is 5.91 Å². The predicted octanol–water partition coefficient (Wildman–Crippen LogP) is 1.45. The van der Waals surface area contributed by atoms with Crippen LogP contribution >= 0.6 is 0 Å². The summed E-state index contributed by atoms with van der Waals surface area (Å²) in [6.07, 6.45) is 2.98. The van der Waals surface area contributed by atoms with Gasteiger partial charge >= 0.3 is 0 Å². The van der Waals surface area contributed by atoms with Crippen molar-refractivity contribution in [3.05, 3.63) is 0 Å². The lowest BCUT2D eigenvalue weighted by Crippen LogP contribution is -2.33. The Morgan fingerprint density at radius 3 is 2.69 bits per heavy atom. The van der Waals surface area contributed by atoms with Crippen molar-refractivity contribution in [2.45, 2.75) is 33.1 Å². The highest BCUT2D eigenvalue weighted by molar-refractivity contribution is 5.80. The van der Waals surface area contributed by atoms with E-state index in [4.69, 9.17) is 5.26 Å². The van der Waals surface area contributed by atoms with E-state index in [0.717, 1.165) is 6.54 Å². The highest BCUT2D eigenvalue weighted by atomic mass is 16.1. The number of hydrogen-bond acceptors (Lipinski definition) is 2. The molecule has 1 N–H and O–H groups in total. The number of hydrogen-bond donors (Lipinski definition) is 1. The van der Waals surface area contributed by atoms with Crippen molar-refractivity contribution < 1.29 is 4.79 Å². The van der Waals surface area contributed by atoms with Gasteiger partial charge in [0.1, 0.15) is 5.92 Å². The molecule has 1 aliphatic rings. The smallest absolute Gasteiger partial charge is 0.237 e. The summed E-state index contributed by atoms with van der Waals surface area (Å²) < 4.78 is 0. The maximum absolute atomic E-state index is 11.3. The third kappa shape index (κ3) is 2.73. The minimum absolute atomic E-state index is 0.113. The Morgan fingerprint density at radius 2 is 2.31 bits per heavy atom. The maximum Gasteiger partial charge on any atom is 0.237 e. The van der Waals surface area contributed by atoms with E-state index in [1.165, 1.54) is 12.8 Å². The summed E-state index contributed by atoms with van der Waals surface area (Å²) >= 11 is 0. The molecule has 0 spiro atoms. The summed E-state index contributed by atoms with van der Waals surface area (Å²) in [5, 5.41) is 11.5.